The summed E-state index contributed by atoms with van der Waals surface area (Å²) in [5.74, 6) is 0.971. The molecule has 28 heavy (non-hydrogen) atoms. The Morgan fingerprint density at radius 1 is 1.04 bits per heavy atom. The molecule has 0 spiro atoms. The van der Waals surface area contributed by atoms with E-state index in [1.54, 1.807) is 31.4 Å². The van der Waals surface area contributed by atoms with Crippen LogP contribution in [-0.4, -0.2) is 51.2 Å². The fraction of sp³-hybridized carbons (Fsp3) is 0.286. The third kappa shape index (κ3) is 4.72. The van der Waals surface area contributed by atoms with Crippen molar-refractivity contribution in [1.82, 2.24) is 4.90 Å². The van der Waals surface area contributed by atoms with E-state index in [2.05, 4.69) is 4.90 Å². The maximum absolute atomic E-state index is 12.5. The van der Waals surface area contributed by atoms with E-state index in [1.807, 2.05) is 29.2 Å². The zero-order valence-electron chi connectivity index (χ0n) is 15.8. The molecule has 7 heteroatoms. The largest absolute Gasteiger partial charge is 0.493 e. The number of methoxy groups -OCH3 is 2. The van der Waals surface area contributed by atoms with Gasteiger partial charge < -0.3 is 19.3 Å². The Balaban J connectivity index is 1.62. The quantitative estimate of drug-likeness (QED) is 0.673. The van der Waals surface area contributed by atoms with Gasteiger partial charge in [0, 0.05) is 43.0 Å². The number of carbonyl (C=O) groups is 1. The second kappa shape index (κ2) is 9.22. The minimum Gasteiger partial charge on any atom is -0.493 e. The normalized spacial score (nSPS) is 14.4. The second-order valence-corrected chi connectivity index (χ2v) is 7.21. The SMILES string of the molecule is COc1cc(/C=C/C(=O)N2CCN(c3cccc(Cl)c3)CC2)cc(Cl)c1OC. The van der Waals surface area contributed by atoms with Crippen LogP contribution < -0.4 is 14.4 Å². The molecular formula is C21H22Cl2N2O3. The number of benzene rings is 2. The molecule has 0 unspecified atom stereocenters. The van der Waals surface area contributed by atoms with Gasteiger partial charge >= 0.3 is 0 Å². The van der Waals surface area contributed by atoms with Gasteiger partial charge in [0.15, 0.2) is 11.5 Å². The number of carbonyl (C=O) groups excluding carboxylic acids is 1. The van der Waals surface area contributed by atoms with Gasteiger partial charge in [-0.1, -0.05) is 29.3 Å². The smallest absolute Gasteiger partial charge is 0.246 e. The molecule has 0 bridgehead atoms. The van der Waals surface area contributed by atoms with Gasteiger partial charge in [-0.3, -0.25) is 4.79 Å². The molecular weight excluding hydrogens is 399 g/mol. The number of ether oxygens (including phenoxy) is 2. The average molecular weight is 421 g/mol. The van der Waals surface area contributed by atoms with Crippen molar-refractivity contribution in [2.24, 2.45) is 0 Å². The summed E-state index contributed by atoms with van der Waals surface area (Å²) in [4.78, 5) is 16.6. The molecule has 3 rings (SSSR count). The van der Waals surface area contributed by atoms with Gasteiger partial charge in [0.05, 0.1) is 19.2 Å². The summed E-state index contributed by atoms with van der Waals surface area (Å²) in [6, 6.07) is 11.3. The van der Waals surface area contributed by atoms with Crippen molar-refractivity contribution in [2.45, 2.75) is 0 Å². The Kier molecular flexibility index (Phi) is 6.70. The van der Waals surface area contributed by atoms with Gasteiger partial charge in [-0.2, -0.15) is 0 Å². The summed E-state index contributed by atoms with van der Waals surface area (Å²) in [7, 11) is 3.08. The summed E-state index contributed by atoms with van der Waals surface area (Å²) in [5.41, 5.74) is 1.85. The van der Waals surface area contributed by atoms with E-state index >= 15 is 0 Å². The van der Waals surface area contributed by atoms with Gasteiger partial charge in [0.1, 0.15) is 0 Å². The Labute approximate surface area is 175 Å². The summed E-state index contributed by atoms with van der Waals surface area (Å²) >= 11 is 12.3. The van der Waals surface area contributed by atoms with Crippen LogP contribution in [0.5, 0.6) is 11.5 Å². The van der Waals surface area contributed by atoms with Crippen LogP contribution in [0.15, 0.2) is 42.5 Å². The van der Waals surface area contributed by atoms with Crippen molar-refractivity contribution >= 4 is 40.9 Å². The molecule has 1 heterocycles. The molecule has 0 radical (unpaired) electrons. The predicted molar refractivity (Wildman–Crippen MR) is 114 cm³/mol. The van der Waals surface area contributed by atoms with E-state index < -0.39 is 0 Å². The van der Waals surface area contributed by atoms with Gasteiger partial charge in [-0.05, 0) is 42.0 Å². The zero-order chi connectivity index (χ0) is 20.1. The lowest BCUT2D eigenvalue weighted by Gasteiger charge is -2.35. The van der Waals surface area contributed by atoms with Crippen molar-refractivity contribution in [2.75, 3.05) is 45.3 Å². The fourth-order valence-electron chi connectivity index (χ4n) is 3.16. The summed E-state index contributed by atoms with van der Waals surface area (Å²) in [6.07, 6.45) is 3.30. The van der Waals surface area contributed by atoms with E-state index in [-0.39, 0.29) is 5.91 Å². The number of anilines is 1. The molecule has 0 aliphatic carbocycles. The Morgan fingerprint density at radius 3 is 2.43 bits per heavy atom. The third-order valence-corrected chi connectivity index (χ3v) is 5.15. The molecule has 1 fully saturated rings. The fourth-order valence-corrected chi connectivity index (χ4v) is 3.65. The first-order valence-electron chi connectivity index (χ1n) is 8.91. The highest BCUT2D eigenvalue weighted by molar-refractivity contribution is 6.32. The molecule has 0 N–H and O–H groups in total. The van der Waals surface area contributed by atoms with Crippen molar-refractivity contribution in [3.05, 3.63) is 58.1 Å². The second-order valence-electron chi connectivity index (χ2n) is 6.36. The third-order valence-electron chi connectivity index (χ3n) is 4.64. The first-order chi connectivity index (χ1) is 13.5. The highest BCUT2D eigenvalue weighted by atomic mass is 35.5. The van der Waals surface area contributed by atoms with Gasteiger partial charge in [-0.15, -0.1) is 0 Å². The van der Waals surface area contributed by atoms with E-state index in [0.717, 1.165) is 24.3 Å². The topological polar surface area (TPSA) is 42.0 Å². The molecule has 1 amide bonds. The van der Waals surface area contributed by atoms with E-state index in [0.29, 0.717) is 34.6 Å². The van der Waals surface area contributed by atoms with Crippen LogP contribution in [0.4, 0.5) is 5.69 Å². The van der Waals surface area contributed by atoms with Crippen molar-refractivity contribution in [1.29, 1.82) is 0 Å². The molecule has 2 aromatic rings. The van der Waals surface area contributed by atoms with E-state index in [1.165, 1.54) is 7.11 Å². The molecule has 148 valence electrons. The first-order valence-corrected chi connectivity index (χ1v) is 9.66. The number of rotatable bonds is 5. The van der Waals surface area contributed by atoms with Crippen LogP contribution >= 0.6 is 23.2 Å². The molecule has 0 saturated carbocycles. The average Bonchev–Trinajstić information content (AvgIpc) is 2.71. The summed E-state index contributed by atoms with van der Waals surface area (Å²) in [6.45, 7) is 2.84. The highest BCUT2D eigenvalue weighted by Crippen LogP contribution is 2.36. The summed E-state index contributed by atoms with van der Waals surface area (Å²) in [5, 5.41) is 1.15. The van der Waals surface area contributed by atoms with Gasteiger partial charge in [0.2, 0.25) is 5.91 Å². The van der Waals surface area contributed by atoms with Crippen molar-refractivity contribution in [3.8, 4) is 11.5 Å². The highest BCUT2D eigenvalue weighted by Gasteiger charge is 2.20. The van der Waals surface area contributed by atoms with Crippen LogP contribution in [0.25, 0.3) is 6.08 Å². The van der Waals surface area contributed by atoms with Crippen molar-refractivity contribution < 1.29 is 14.3 Å². The molecule has 0 atom stereocenters. The van der Waals surface area contributed by atoms with E-state index in [9.17, 15) is 4.79 Å². The molecule has 1 aliphatic rings. The van der Waals surface area contributed by atoms with Crippen LogP contribution in [-0.2, 0) is 4.79 Å². The number of hydrogen-bond donors (Lipinski definition) is 0. The number of halogens is 2. The lowest BCUT2D eigenvalue weighted by molar-refractivity contribution is -0.126. The number of amides is 1. The zero-order valence-corrected chi connectivity index (χ0v) is 17.3. The summed E-state index contributed by atoms with van der Waals surface area (Å²) < 4.78 is 10.5. The predicted octanol–water partition coefficient (Wildman–Crippen LogP) is 4.37. The minimum atomic E-state index is -0.0309. The van der Waals surface area contributed by atoms with Crippen LogP contribution in [0, 0.1) is 0 Å². The Morgan fingerprint density at radius 2 is 1.79 bits per heavy atom. The molecule has 2 aromatic carbocycles. The van der Waals surface area contributed by atoms with Crippen LogP contribution in [0.1, 0.15) is 5.56 Å². The Bertz CT molecular complexity index is 878. The van der Waals surface area contributed by atoms with Crippen LogP contribution in [0.3, 0.4) is 0 Å². The molecule has 1 saturated heterocycles. The lowest BCUT2D eigenvalue weighted by Crippen LogP contribution is -2.48. The molecule has 5 nitrogen and oxygen atoms in total. The van der Waals surface area contributed by atoms with Crippen LogP contribution in [0.2, 0.25) is 10.0 Å². The monoisotopic (exact) mass is 420 g/mol. The molecule has 0 aromatic heterocycles. The maximum Gasteiger partial charge on any atom is 0.246 e. The van der Waals surface area contributed by atoms with E-state index in [4.69, 9.17) is 32.7 Å². The first kappa shape index (κ1) is 20.4. The maximum atomic E-state index is 12.5. The van der Waals surface area contributed by atoms with Gasteiger partial charge in [0.25, 0.3) is 0 Å². The number of hydrogen-bond acceptors (Lipinski definition) is 4. The minimum absolute atomic E-state index is 0.0309. The van der Waals surface area contributed by atoms with Gasteiger partial charge in [-0.25, -0.2) is 0 Å². The standard InChI is InChI=1S/C21H22Cl2N2O3/c1-27-19-13-15(12-18(23)21(19)28-2)6-7-20(26)25-10-8-24(9-11-25)17-5-3-4-16(22)14-17/h3-7,12-14H,8-11H2,1-2H3/b7-6+. The molecule has 1 aliphatic heterocycles. The lowest BCUT2D eigenvalue weighted by atomic mass is 10.1. The van der Waals surface area contributed by atoms with Crippen molar-refractivity contribution in [3.63, 3.8) is 0 Å². The number of nitrogens with zero attached hydrogens (tertiary/aromatic N) is 2. The Hall–Kier alpha value is -2.37. The number of piperazine rings is 1.